The monoisotopic (exact) mass is 536 g/mol. The Bertz CT molecular complexity index is 1720. The topological polar surface area (TPSA) is 110 Å². The highest BCUT2D eigenvalue weighted by molar-refractivity contribution is 6.26. The van der Waals surface area contributed by atoms with Crippen molar-refractivity contribution in [3.63, 3.8) is 0 Å². The lowest BCUT2D eigenvalue weighted by atomic mass is 10.1. The first-order valence-electron chi connectivity index (χ1n) is 12.3. The Hall–Kier alpha value is -5.51. The molecule has 2 aromatic carbocycles. The van der Waals surface area contributed by atoms with Crippen LogP contribution in [-0.4, -0.2) is 33.5 Å². The summed E-state index contributed by atoms with van der Waals surface area (Å²) >= 11 is 0. The van der Waals surface area contributed by atoms with Gasteiger partial charge in [-0.2, -0.15) is 5.10 Å². The van der Waals surface area contributed by atoms with E-state index in [2.05, 4.69) is 26.0 Å². The second-order valence-electron chi connectivity index (χ2n) is 8.73. The molecule has 0 saturated carbocycles. The second kappa shape index (κ2) is 11.5. The molecule has 0 aliphatic heterocycles. The van der Waals surface area contributed by atoms with Crippen molar-refractivity contribution in [1.29, 1.82) is 0 Å². The van der Waals surface area contributed by atoms with Crippen LogP contribution >= 0.6 is 0 Å². The average Bonchev–Trinajstić information content (AvgIpc) is 3.41. The van der Waals surface area contributed by atoms with Crippen LogP contribution in [0.3, 0.4) is 0 Å². The number of anilines is 2. The summed E-state index contributed by atoms with van der Waals surface area (Å²) in [6.45, 7) is 1.61. The number of rotatable bonds is 8. The van der Waals surface area contributed by atoms with Crippen LogP contribution in [0.2, 0.25) is 0 Å². The molecular formula is C30H25FN6O3. The highest BCUT2D eigenvalue weighted by atomic mass is 19.1. The third kappa shape index (κ3) is 5.51. The average molecular weight is 537 g/mol. The number of nitrogens with zero attached hydrogens (tertiary/aromatic N) is 3. The zero-order chi connectivity index (χ0) is 28.1. The van der Waals surface area contributed by atoms with Crippen molar-refractivity contribution >= 4 is 28.7 Å². The van der Waals surface area contributed by atoms with Crippen LogP contribution in [-0.2, 0) is 9.59 Å². The van der Waals surface area contributed by atoms with Crippen molar-refractivity contribution in [2.75, 3.05) is 17.7 Å². The molecule has 9 nitrogen and oxygen atoms in total. The minimum Gasteiger partial charge on any atom is -0.452 e. The van der Waals surface area contributed by atoms with Crippen molar-refractivity contribution < 1.29 is 18.7 Å². The fourth-order valence-corrected chi connectivity index (χ4v) is 4.12. The summed E-state index contributed by atoms with van der Waals surface area (Å²) in [5.74, 6) is -1.64. The van der Waals surface area contributed by atoms with Gasteiger partial charge in [0.25, 0.3) is 11.8 Å². The van der Waals surface area contributed by atoms with Crippen LogP contribution in [0.25, 0.3) is 16.6 Å². The van der Waals surface area contributed by atoms with Crippen LogP contribution < -0.4 is 20.7 Å². The molecule has 2 amide bonds. The predicted molar refractivity (Wildman–Crippen MR) is 150 cm³/mol. The quantitative estimate of drug-likeness (QED) is 0.139. The molecule has 0 aliphatic rings. The minimum absolute atomic E-state index is 0.0445. The molecule has 0 atom stereocenters. The molecule has 0 bridgehead atoms. The summed E-state index contributed by atoms with van der Waals surface area (Å²) in [5.41, 5.74) is 3.33. The summed E-state index contributed by atoms with van der Waals surface area (Å²) in [7, 11) is 1.60. The van der Waals surface area contributed by atoms with E-state index in [9.17, 15) is 9.59 Å². The van der Waals surface area contributed by atoms with Crippen LogP contribution in [0.5, 0.6) is 11.5 Å². The predicted octanol–water partition coefficient (Wildman–Crippen LogP) is 5.40. The van der Waals surface area contributed by atoms with Crippen molar-refractivity contribution in [2.45, 2.75) is 6.92 Å². The number of para-hydroxylation sites is 1. The molecule has 3 N–H and O–H groups in total. The highest BCUT2D eigenvalue weighted by Crippen LogP contribution is 2.35. The molecule has 10 heteroatoms. The number of aromatic nitrogens is 3. The summed E-state index contributed by atoms with van der Waals surface area (Å²) in [5, 5.41) is 12.4. The maximum Gasteiger partial charge on any atom is 0.263 e. The van der Waals surface area contributed by atoms with E-state index in [0.29, 0.717) is 22.7 Å². The molecule has 5 aromatic rings. The molecule has 0 unspecified atom stereocenters. The molecule has 0 radical (unpaired) electrons. The molecule has 200 valence electrons. The fourth-order valence-electron chi connectivity index (χ4n) is 4.12. The van der Waals surface area contributed by atoms with E-state index >= 15 is 4.39 Å². The second-order valence-corrected chi connectivity index (χ2v) is 8.73. The minimum atomic E-state index is -0.700. The Morgan fingerprint density at radius 3 is 2.27 bits per heavy atom. The number of fused-ring (bicyclic) bond motifs is 1. The number of carbonyl (C=O) groups is 2. The first-order chi connectivity index (χ1) is 19.4. The van der Waals surface area contributed by atoms with Crippen LogP contribution in [0.15, 0.2) is 109 Å². The molecule has 3 aromatic heterocycles. The van der Waals surface area contributed by atoms with E-state index in [-0.39, 0.29) is 17.0 Å². The normalized spacial score (nSPS) is 11.5. The molecule has 40 heavy (non-hydrogen) atoms. The number of halogens is 1. The Kier molecular flexibility index (Phi) is 7.49. The standard InChI is InChI=1S/C30H25FN6O3/c1-19(32-2)27(29(38)35-21-6-4-3-5-7-21)30(39)36-22-8-9-25(24(31)18-22)40-26-12-16-34-37-17-13-23(28(26)37)20-10-14-33-15-11-20/h3-18,32H,1-2H3,(H,35,38)(H,36,39)/b27-19+. The van der Waals surface area contributed by atoms with Gasteiger partial charge in [0.2, 0.25) is 0 Å². The lowest BCUT2D eigenvalue weighted by Gasteiger charge is -2.14. The number of hydrogen-bond donors (Lipinski definition) is 3. The largest absolute Gasteiger partial charge is 0.452 e. The van der Waals surface area contributed by atoms with E-state index in [4.69, 9.17) is 4.74 Å². The van der Waals surface area contributed by atoms with E-state index < -0.39 is 17.6 Å². The van der Waals surface area contributed by atoms with Gasteiger partial charge in [-0.15, -0.1) is 0 Å². The van der Waals surface area contributed by atoms with Gasteiger partial charge in [0.1, 0.15) is 11.1 Å². The number of amides is 2. The summed E-state index contributed by atoms with van der Waals surface area (Å²) < 4.78 is 22.8. The Balaban J connectivity index is 1.37. The van der Waals surface area contributed by atoms with Gasteiger partial charge < -0.3 is 20.7 Å². The number of hydrogen-bond acceptors (Lipinski definition) is 6. The van der Waals surface area contributed by atoms with E-state index in [1.165, 1.54) is 12.1 Å². The smallest absolute Gasteiger partial charge is 0.263 e. The van der Waals surface area contributed by atoms with Gasteiger partial charge in [0.15, 0.2) is 17.3 Å². The SMILES string of the molecule is CN/C(C)=C(\C(=O)Nc1ccccc1)C(=O)Nc1ccc(Oc2ccnn3ccc(-c4ccncc4)c23)c(F)c1. The molecule has 0 aliphatic carbocycles. The van der Waals surface area contributed by atoms with Crippen LogP contribution in [0, 0.1) is 5.82 Å². The molecule has 0 spiro atoms. The van der Waals surface area contributed by atoms with E-state index in [1.54, 1.807) is 73.6 Å². The van der Waals surface area contributed by atoms with Crippen molar-refractivity contribution in [2.24, 2.45) is 0 Å². The van der Waals surface area contributed by atoms with Gasteiger partial charge in [0, 0.05) is 60.4 Å². The van der Waals surface area contributed by atoms with Crippen LogP contribution in [0.1, 0.15) is 6.92 Å². The van der Waals surface area contributed by atoms with E-state index in [0.717, 1.165) is 17.2 Å². The van der Waals surface area contributed by atoms with E-state index in [1.807, 2.05) is 24.3 Å². The van der Waals surface area contributed by atoms with Crippen molar-refractivity contribution in [3.05, 3.63) is 115 Å². The van der Waals surface area contributed by atoms with Crippen molar-refractivity contribution in [3.8, 4) is 22.6 Å². The lowest BCUT2D eigenvalue weighted by Crippen LogP contribution is -2.29. The fraction of sp³-hybridized carbons (Fsp3) is 0.0667. The molecule has 3 heterocycles. The van der Waals surface area contributed by atoms with Gasteiger partial charge in [-0.1, -0.05) is 18.2 Å². The Morgan fingerprint density at radius 1 is 0.850 bits per heavy atom. The van der Waals surface area contributed by atoms with Gasteiger partial charge in [-0.3, -0.25) is 14.6 Å². The Morgan fingerprint density at radius 2 is 1.57 bits per heavy atom. The third-order valence-electron chi connectivity index (χ3n) is 6.15. The number of carbonyl (C=O) groups excluding carboxylic acids is 2. The maximum absolute atomic E-state index is 15.2. The number of ether oxygens (including phenoxy) is 1. The first-order valence-corrected chi connectivity index (χ1v) is 12.3. The van der Waals surface area contributed by atoms with Gasteiger partial charge in [-0.05, 0) is 55.0 Å². The summed E-state index contributed by atoms with van der Waals surface area (Å²) in [6.07, 6.45) is 6.72. The lowest BCUT2D eigenvalue weighted by molar-refractivity contribution is -0.118. The maximum atomic E-state index is 15.2. The first kappa shape index (κ1) is 26.1. The molecule has 0 saturated heterocycles. The molecule has 5 rings (SSSR count). The van der Waals surface area contributed by atoms with Gasteiger partial charge in [0.05, 0.1) is 6.20 Å². The number of nitrogens with one attached hydrogen (secondary N) is 3. The van der Waals surface area contributed by atoms with Crippen LogP contribution in [0.4, 0.5) is 15.8 Å². The number of pyridine rings is 1. The summed E-state index contributed by atoms with van der Waals surface area (Å²) in [6, 6.07) is 20.1. The van der Waals surface area contributed by atoms with Crippen molar-refractivity contribution in [1.82, 2.24) is 19.9 Å². The zero-order valence-electron chi connectivity index (χ0n) is 21.7. The highest BCUT2D eigenvalue weighted by Gasteiger charge is 2.22. The number of benzene rings is 2. The van der Waals surface area contributed by atoms with Gasteiger partial charge >= 0.3 is 0 Å². The summed E-state index contributed by atoms with van der Waals surface area (Å²) in [4.78, 5) is 30.1. The Labute approximate surface area is 229 Å². The molecular weight excluding hydrogens is 511 g/mol. The molecule has 0 fully saturated rings. The number of allylic oxidation sites excluding steroid dienone is 1. The zero-order valence-corrected chi connectivity index (χ0v) is 21.7. The third-order valence-corrected chi connectivity index (χ3v) is 6.15. The van der Waals surface area contributed by atoms with Gasteiger partial charge in [-0.25, -0.2) is 8.91 Å².